The first-order valence-electron chi connectivity index (χ1n) is 14.7. The third-order valence-electron chi connectivity index (χ3n) is 6.84. The molecular weight excluding hydrogens is 444 g/mol. The van der Waals surface area contributed by atoms with E-state index in [-0.39, 0.29) is 0 Å². The first-order chi connectivity index (χ1) is 17.0. The number of unbranched alkanes of at least 4 members (excludes halogenated alkanes) is 20. The van der Waals surface area contributed by atoms with Crippen molar-refractivity contribution in [3.63, 3.8) is 0 Å². The SMILES string of the molecule is CCCCCCCCCCCCCCCCCCCCCCCC(=O)O.OCC(CO)(CO)CO. The second-order valence-corrected chi connectivity index (χ2v) is 10.3. The lowest BCUT2D eigenvalue weighted by Crippen LogP contribution is -2.37. The summed E-state index contributed by atoms with van der Waals surface area (Å²) in [6.07, 6.45) is 29.1. The number of carbonyl (C=O) groups is 1. The van der Waals surface area contributed by atoms with E-state index < -0.39 is 37.8 Å². The summed E-state index contributed by atoms with van der Waals surface area (Å²) in [5.41, 5.74) is -1.11. The maximum Gasteiger partial charge on any atom is 0.303 e. The molecule has 0 aromatic carbocycles. The zero-order valence-electron chi connectivity index (χ0n) is 23.0. The summed E-state index contributed by atoms with van der Waals surface area (Å²) in [6, 6.07) is 0. The van der Waals surface area contributed by atoms with Gasteiger partial charge in [0, 0.05) is 6.42 Å². The molecule has 0 amide bonds. The van der Waals surface area contributed by atoms with E-state index in [9.17, 15) is 4.79 Å². The Morgan fingerprint density at radius 1 is 0.457 bits per heavy atom. The average Bonchev–Trinajstić information content (AvgIpc) is 2.87. The summed E-state index contributed by atoms with van der Waals surface area (Å²) >= 11 is 0. The van der Waals surface area contributed by atoms with Crippen LogP contribution in [0.5, 0.6) is 0 Å². The molecule has 0 aliphatic rings. The van der Waals surface area contributed by atoms with Crippen molar-refractivity contribution in [2.45, 2.75) is 148 Å². The average molecular weight is 505 g/mol. The molecule has 35 heavy (non-hydrogen) atoms. The molecule has 0 aliphatic heterocycles. The number of hydrogen-bond donors (Lipinski definition) is 5. The van der Waals surface area contributed by atoms with E-state index in [1.807, 2.05) is 0 Å². The van der Waals surface area contributed by atoms with Crippen LogP contribution in [-0.2, 0) is 4.79 Å². The van der Waals surface area contributed by atoms with Crippen LogP contribution in [0.15, 0.2) is 0 Å². The molecule has 5 N–H and O–H groups in total. The number of rotatable bonds is 26. The molecule has 212 valence electrons. The standard InChI is InChI=1S/C24H48O2.C5H12O4/c1-2-3-4-5-6-7-8-9-10-11-12-13-14-15-16-17-18-19-20-21-22-23-24(25)26;6-1-5(2-7,3-8)4-9/h2-23H2,1H3,(H,25,26);6-9H,1-4H2. The van der Waals surface area contributed by atoms with Crippen molar-refractivity contribution in [3.05, 3.63) is 0 Å². The number of hydrogen-bond acceptors (Lipinski definition) is 5. The highest BCUT2D eigenvalue weighted by Crippen LogP contribution is 2.15. The third kappa shape index (κ3) is 27.7. The van der Waals surface area contributed by atoms with Crippen LogP contribution in [-0.4, -0.2) is 57.9 Å². The van der Waals surface area contributed by atoms with Gasteiger partial charge < -0.3 is 25.5 Å². The van der Waals surface area contributed by atoms with Gasteiger partial charge in [-0.1, -0.05) is 135 Å². The van der Waals surface area contributed by atoms with E-state index in [0.717, 1.165) is 12.8 Å². The zero-order chi connectivity index (χ0) is 26.5. The highest BCUT2D eigenvalue weighted by molar-refractivity contribution is 5.66. The molecule has 0 aliphatic carbocycles. The molecule has 0 heterocycles. The van der Waals surface area contributed by atoms with Gasteiger partial charge in [-0.3, -0.25) is 4.79 Å². The highest BCUT2D eigenvalue weighted by Gasteiger charge is 2.26. The maximum absolute atomic E-state index is 10.4. The van der Waals surface area contributed by atoms with Crippen LogP contribution in [0.4, 0.5) is 0 Å². The largest absolute Gasteiger partial charge is 0.481 e. The second-order valence-electron chi connectivity index (χ2n) is 10.3. The first-order valence-corrected chi connectivity index (χ1v) is 14.7. The number of aliphatic carboxylic acids is 1. The van der Waals surface area contributed by atoms with Crippen LogP contribution in [0.25, 0.3) is 0 Å². The molecule has 0 saturated carbocycles. The summed E-state index contributed by atoms with van der Waals surface area (Å²) in [5.74, 6) is -0.650. The van der Waals surface area contributed by atoms with Crippen LogP contribution in [0.1, 0.15) is 148 Å². The summed E-state index contributed by atoms with van der Waals surface area (Å²) in [5, 5.41) is 42.6. The summed E-state index contributed by atoms with van der Waals surface area (Å²) in [6.45, 7) is 0.662. The second kappa shape index (κ2) is 29.5. The van der Waals surface area contributed by atoms with Crippen LogP contribution in [0, 0.1) is 5.41 Å². The highest BCUT2D eigenvalue weighted by atomic mass is 16.4. The van der Waals surface area contributed by atoms with Gasteiger partial charge in [-0.15, -0.1) is 0 Å². The summed E-state index contributed by atoms with van der Waals surface area (Å²) < 4.78 is 0. The van der Waals surface area contributed by atoms with E-state index in [2.05, 4.69) is 6.92 Å². The zero-order valence-corrected chi connectivity index (χ0v) is 23.0. The Labute approximate surface area is 216 Å². The van der Waals surface area contributed by atoms with Crippen molar-refractivity contribution in [2.24, 2.45) is 5.41 Å². The van der Waals surface area contributed by atoms with Gasteiger partial charge in [0.05, 0.1) is 31.8 Å². The number of aliphatic hydroxyl groups excluding tert-OH is 4. The number of carboxylic acid groups (broad SMARTS) is 1. The minimum atomic E-state index is -1.11. The quantitative estimate of drug-likeness (QED) is 0.0845. The Morgan fingerprint density at radius 3 is 0.857 bits per heavy atom. The maximum atomic E-state index is 10.4. The van der Waals surface area contributed by atoms with E-state index in [1.165, 1.54) is 122 Å². The van der Waals surface area contributed by atoms with Crippen molar-refractivity contribution in [3.8, 4) is 0 Å². The van der Waals surface area contributed by atoms with Gasteiger partial charge in [0.2, 0.25) is 0 Å². The lowest BCUT2D eigenvalue weighted by Gasteiger charge is -2.23. The van der Waals surface area contributed by atoms with E-state index >= 15 is 0 Å². The van der Waals surface area contributed by atoms with E-state index in [0.29, 0.717) is 6.42 Å². The van der Waals surface area contributed by atoms with Crippen LogP contribution in [0.3, 0.4) is 0 Å². The normalized spacial score (nSPS) is 11.3. The van der Waals surface area contributed by atoms with Crippen molar-refractivity contribution < 1.29 is 30.3 Å². The molecular formula is C29H60O6. The van der Waals surface area contributed by atoms with Crippen LogP contribution >= 0.6 is 0 Å². The fraction of sp³-hybridized carbons (Fsp3) is 0.966. The lowest BCUT2D eigenvalue weighted by molar-refractivity contribution is -0.137. The molecule has 0 bridgehead atoms. The Morgan fingerprint density at radius 2 is 0.686 bits per heavy atom. The molecule has 6 nitrogen and oxygen atoms in total. The molecule has 0 spiro atoms. The molecule has 0 atom stereocenters. The van der Waals surface area contributed by atoms with Crippen LogP contribution < -0.4 is 0 Å². The smallest absolute Gasteiger partial charge is 0.303 e. The topological polar surface area (TPSA) is 118 Å². The van der Waals surface area contributed by atoms with Gasteiger partial charge in [-0.05, 0) is 6.42 Å². The Bertz CT molecular complexity index is 394. The summed E-state index contributed by atoms with van der Waals surface area (Å²) in [4.78, 5) is 10.4. The predicted octanol–water partition coefficient (Wildman–Crippen LogP) is 6.62. The molecule has 0 rings (SSSR count). The minimum Gasteiger partial charge on any atom is -0.481 e. The van der Waals surface area contributed by atoms with Gasteiger partial charge >= 0.3 is 5.97 Å². The lowest BCUT2D eigenvalue weighted by atomic mass is 9.93. The predicted molar refractivity (Wildman–Crippen MR) is 146 cm³/mol. The Kier molecular flexibility index (Phi) is 30.8. The molecule has 0 unspecified atom stereocenters. The summed E-state index contributed by atoms with van der Waals surface area (Å²) in [7, 11) is 0. The van der Waals surface area contributed by atoms with Gasteiger partial charge in [0.15, 0.2) is 0 Å². The fourth-order valence-electron chi connectivity index (χ4n) is 4.01. The van der Waals surface area contributed by atoms with Crippen molar-refractivity contribution in [1.29, 1.82) is 0 Å². The van der Waals surface area contributed by atoms with Gasteiger partial charge in [-0.25, -0.2) is 0 Å². The van der Waals surface area contributed by atoms with Crippen molar-refractivity contribution in [2.75, 3.05) is 26.4 Å². The van der Waals surface area contributed by atoms with E-state index in [1.54, 1.807) is 0 Å². The molecule has 0 radical (unpaired) electrons. The molecule has 0 aromatic rings. The van der Waals surface area contributed by atoms with Crippen molar-refractivity contribution >= 4 is 5.97 Å². The minimum absolute atomic E-state index is 0.346. The van der Waals surface area contributed by atoms with Crippen molar-refractivity contribution in [1.82, 2.24) is 0 Å². The van der Waals surface area contributed by atoms with Gasteiger partial charge in [0.1, 0.15) is 0 Å². The first kappa shape index (κ1) is 36.5. The molecule has 0 saturated heterocycles. The Hall–Kier alpha value is -0.690. The molecule has 6 heteroatoms. The Balaban J connectivity index is 0. The monoisotopic (exact) mass is 504 g/mol. The van der Waals surface area contributed by atoms with Crippen LogP contribution in [0.2, 0.25) is 0 Å². The van der Waals surface area contributed by atoms with Gasteiger partial charge in [-0.2, -0.15) is 0 Å². The van der Waals surface area contributed by atoms with E-state index in [4.69, 9.17) is 25.5 Å². The fourth-order valence-corrected chi connectivity index (χ4v) is 4.01. The molecule has 0 fully saturated rings. The van der Waals surface area contributed by atoms with Gasteiger partial charge in [0.25, 0.3) is 0 Å². The number of carboxylic acids is 1. The third-order valence-corrected chi connectivity index (χ3v) is 6.84. The number of aliphatic hydroxyl groups is 4. The molecule has 0 aromatic heterocycles.